The molecule has 2 aromatic carbocycles. The highest BCUT2D eigenvalue weighted by Crippen LogP contribution is 2.26. The van der Waals surface area contributed by atoms with Crippen molar-refractivity contribution in [1.29, 1.82) is 0 Å². The summed E-state index contributed by atoms with van der Waals surface area (Å²) < 4.78 is 5.64. The second-order valence-electron chi connectivity index (χ2n) is 5.49. The quantitative estimate of drug-likeness (QED) is 0.364. The SMILES string of the molecule is CSc1ncccc1C(=O)O[C@H](C(=O)c1ccccc1)c1ccccc1. The largest absolute Gasteiger partial charge is 0.445 e. The van der Waals surface area contributed by atoms with Crippen LogP contribution in [0.15, 0.2) is 84.0 Å². The molecule has 0 N–H and O–H groups in total. The van der Waals surface area contributed by atoms with Gasteiger partial charge in [0, 0.05) is 17.3 Å². The molecular weight excluding hydrogens is 346 g/mol. The molecule has 5 heteroatoms. The highest BCUT2D eigenvalue weighted by atomic mass is 32.2. The fraction of sp³-hybridized carbons (Fsp3) is 0.0952. The van der Waals surface area contributed by atoms with Crippen LogP contribution in [0.4, 0.5) is 0 Å². The summed E-state index contributed by atoms with van der Waals surface area (Å²) in [4.78, 5) is 29.9. The zero-order valence-corrected chi connectivity index (χ0v) is 15.0. The molecule has 130 valence electrons. The number of ether oxygens (including phenoxy) is 1. The van der Waals surface area contributed by atoms with Crippen LogP contribution < -0.4 is 0 Å². The number of rotatable bonds is 6. The summed E-state index contributed by atoms with van der Waals surface area (Å²) in [6.07, 6.45) is 2.44. The molecule has 3 rings (SSSR count). The number of carbonyl (C=O) groups is 2. The average Bonchev–Trinajstić information content (AvgIpc) is 2.72. The number of carbonyl (C=O) groups excluding carboxylic acids is 2. The molecule has 0 amide bonds. The maximum absolute atomic E-state index is 13.0. The van der Waals surface area contributed by atoms with Crippen LogP contribution in [-0.2, 0) is 4.74 Å². The number of nitrogens with zero attached hydrogens (tertiary/aromatic N) is 1. The first-order chi connectivity index (χ1) is 12.7. The maximum Gasteiger partial charge on any atom is 0.341 e. The third kappa shape index (κ3) is 4.00. The summed E-state index contributed by atoms with van der Waals surface area (Å²) in [5.74, 6) is -0.833. The lowest BCUT2D eigenvalue weighted by Crippen LogP contribution is -2.20. The van der Waals surface area contributed by atoms with E-state index >= 15 is 0 Å². The standard InChI is InChI=1S/C21H17NO3S/c1-26-20-17(13-8-14-22-20)21(24)25-19(16-11-6-3-7-12-16)18(23)15-9-4-2-5-10-15/h2-14,19H,1H3/t19-/m0/s1. The van der Waals surface area contributed by atoms with Gasteiger partial charge in [0.2, 0.25) is 5.78 Å². The van der Waals surface area contributed by atoms with Crippen LogP contribution in [0.3, 0.4) is 0 Å². The molecule has 0 aliphatic heterocycles. The lowest BCUT2D eigenvalue weighted by atomic mass is 10.00. The second-order valence-corrected chi connectivity index (χ2v) is 6.28. The van der Waals surface area contributed by atoms with Crippen LogP contribution in [0.1, 0.15) is 32.4 Å². The molecule has 3 aromatic rings. The Balaban J connectivity index is 1.94. The predicted octanol–water partition coefficient (Wildman–Crippen LogP) is 4.58. The van der Waals surface area contributed by atoms with Crippen molar-refractivity contribution in [1.82, 2.24) is 4.98 Å². The van der Waals surface area contributed by atoms with Gasteiger partial charge in [-0.2, -0.15) is 0 Å². The van der Waals surface area contributed by atoms with Gasteiger partial charge in [-0.15, -0.1) is 11.8 Å². The van der Waals surface area contributed by atoms with Gasteiger partial charge in [0.05, 0.1) is 5.56 Å². The van der Waals surface area contributed by atoms with Gasteiger partial charge < -0.3 is 4.74 Å². The minimum absolute atomic E-state index is 0.264. The molecule has 1 heterocycles. The number of aromatic nitrogens is 1. The van der Waals surface area contributed by atoms with Gasteiger partial charge >= 0.3 is 5.97 Å². The molecule has 26 heavy (non-hydrogen) atoms. The van der Waals surface area contributed by atoms with E-state index in [9.17, 15) is 9.59 Å². The smallest absolute Gasteiger partial charge is 0.341 e. The number of pyridine rings is 1. The summed E-state index contributed by atoms with van der Waals surface area (Å²) in [5.41, 5.74) is 1.47. The number of esters is 1. The van der Waals surface area contributed by atoms with Gasteiger partial charge in [-0.25, -0.2) is 9.78 Å². The van der Waals surface area contributed by atoms with Gasteiger partial charge in [-0.3, -0.25) is 4.79 Å². The first-order valence-corrected chi connectivity index (χ1v) is 9.27. The Kier molecular flexibility index (Phi) is 5.81. The van der Waals surface area contributed by atoms with Crippen molar-refractivity contribution in [2.24, 2.45) is 0 Å². The van der Waals surface area contributed by atoms with Gasteiger partial charge in [-0.1, -0.05) is 60.7 Å². The molecule has 0 radical (unpaired) electrons. The van der Waals surface area contributed by atoms with Gasteiger partial charge in [-0.05, 0) is 18.4 Å². The van der Waals surface area contributed by atoms with E-state index in [0.29, 0.717) is 21.7 Å². The van der Waals surface area contributed by atoms with Crippen LogP contribution in [0.2, 0.25) is 0 Å². The first-order valence-electron chi connectivity index (χ1n) is 8.05. The normalized spacial score (nSPS) is 11.6. The van der Waals surface area contributed by atoms with Crippen molar-refractivity contribution in [3.63, 3.8) is 0 Å². The summed E-state index contributed by atoms with van der Waals surface area (Å²) >= 11 is 1.35. The molecule has 0 fully saturated rings. The average molecular weight is 363 g/mol. The number of benzene rings is 2. The third-order valence-corrected chi connectivity index (χ3v) is 4.52. The first kappa shape index (κ1) is 17.9. The van der Waals surface area contributed by atoms with Crippen molar-refractivity contribution in [3.8, 4) is 0 Å². The third-order valence-electron chi connectivity index (χ3n) is 3.81. The minimum Gasteiger partial charge on any atom is -0.445 e. The van der Waals surface area contributed by atoms with E-state index in [-0.39, 0.29) is 5.78 Å². The van der Waals surface area contributed by atoms with Crippen molar-refractivity contribution >= 4 is 23.5 Å². The molecule has 0 saturated heterocycles. The zero-order chi connectivity index (χ0) is 18.4. The van der Waals surface area contributed by atoms with Crippen LogP contribution in [0.25, 0.3) is 0 Å². The molecular formula is C21H17NO3S. The van der Waals surface area contributed by atoms with E-state index in [0.717, 1.165) is 0 Å². The number of hydrogen-bond acceptors (Lipinski definition) is 5. The van der Waals surface area contributed by atoms with E-state index in [4.69, 9.17) is 4.74 Å². The molecule has 0 spiro atoms. The molecule has 0 unspecified atom stereocenters. The summed E-state index contributed by atoms with van der Waals surface area (Å²) in [6, 6.07) is 21.2. The maximum atomic E-state index is 13.0. The molecule has 4 nitrogen and oxygen atoms in total. The predicted molar refractivity (Wildman–Crippen MR) is 101 cm³/mol. The van der Waals surface area contributed by atoms with Crippen molar-refractivity contribution < 1.29 is 14.3 Å². The van der Waals surface area contributed by atoms with Crippen LogP contribution >= 0.6 is 11.8 Å². The molecule has 0 aliphatic carbocycles. The second kappa shape index (κ2) is 8.45. The molecule has 0 saturated carbocycles. The van der Waals surface area contributed by atoms with E-state index < -0.39 is 12.1 Å². The lowest BCUT2D eigenvalue weighted by molar-refractivity contribution is 0.0276. The summed E-state index contributed by atoms with van der Waals surface area (Å²) in [5, 5.41) is 0.566. The zero-order valence-electron chi connectivity index (χ0n) is 14.2. The minimum atomic E-state index is -1.01. The topological polar surface area (TPSA) is 56.3 Å². The summed E-state index contributed by atoms with van der Waals surface area (Å²) in [6.45, 7) is 0. The molecule has 0 aliphatic rings. The van der Waals surface area contributed by atoms with E-state index in [1.165, 1.54) is 11.8 Å². The highest BCUT2D eigenvalue weighted by molar-refractivity contribution is 7.98. The lowest BCUT2D eigenvalue weighted by Gasteiger charge is -2.18. The summed E-state index contributed by atoms with van der Waals surface area (Å²) in [7, 11) is 0. The fourth-order valence-electron chi connectivity index (χ4n) is 2.53. The van der Waals surface area contributed by atoms with E-state index in [1.807, 2.05) is 30.5 Å². The van der Waals surface area contributed by atoms with E-state index in [1.54, 1.807) is 54.7 Å². The van der Waals surface area contributed by atoms with Gasteiger partial charge in [0.25, 0.3) is 0 Å². The Bertz CT molecular complexity index is 897. The number of thioether (sulfide) groups is 1. The Labute approximate surface area is 156 Å². The van der Waals surface area contributed by atoms with E-state index in [2.05, 4.69) is 4.98 Å². The van der Waals surface area contributed by atoms with Gasteiger partial charge in [0.1, 0.15) is 5.03 Å². The van der Waals surface area contributed by atoms with Crippen molar-refractivity contribution in [2.75, 3.05) is 6.26 Å². The Morgan fingerprint density at radius 1 is 0.923 bits per heavy atom. The number of hydrogen-bond donors (Lipinski definition) is 0. The van der Waals surface area contributed by atoms with Crippen LogP contribution in [-0.4, -0.2) is 23.0 Å². The molecule has 1 atom stereocenters. The van der Waals surface area contributed by atoms with Gasteiger partial charge in [0.15, 0.2) is 6.10 Å². The molecule has 0 bridgehead atoms. The highest BCUT2D eigenvalue weighted by Gasteiger charge is 2.27. The monoisotopic (exact) mass is 363 g/mol. The number of ketones is 1. The Hall–Kier alpha value is -2.92. The van der Waals surface area contributed by atoms with Crippen LogP contribution in [0.5, 0.6) is 0 Å². The van der Waals surface area contributed by atoms with Crippen molar-refractivity contribution in [3.05, 3.63) is 95.7 Å². The number of Topliss-reactive ketones (excluding diaryl/α,β-unsaturated/α-hetero) is 1. The van der Waals surface area contributed by atoms with Crippen LogP contribution in [0, 0.1) is 0 Å². The Morgan fingerprint density at radius 3 is 2.23 bits per heavy atom. The fourth-order valence-corrected chi connectivity index (χ4v) is 3.07. The molecule has 1 aromatic heterocycles. The van der Waals surface area contributed by atoms with Crippen molar-refractivity contribution in [2.45, 2.75) is 11.1 Å². The Morgan fingerprint density at radius 2 is 1.58 bits per heavy atom.